The molecule has 1 saturated heterocycles. The first-order valence-corrected chi connectivity index (χ1v) is 5.82. The molecular weight excluding hydrogens is 218 g/mol. The van der Waals surface area contributed by atoms with Gasteiger partial charge < -0.3 is 5.32 Å². The van der Waals surface area contributed by atoms with E-state index in [1.807, 2.05) is 13.8 Å². The van der Waals surface area contributed by atoms with E-state index in [1.165, 1.54) is 11.9 Å². The Labute approximate surface area is 102 Å². The molecule has 1 fully saturated rings. The zero-order valence-electron chi connectivity index (χ0n) is 10.6. The number of imide groups is 1. The fourth-order valence-corrected chi connectivity index (χ4v) is 1.72. The normalized spacial score (nSPS) is 21.5. The highest BCUT2D eigenvalue weighted by molar-refractivity contribution is 6.00. The van der Waals surface area contributed by atoms with Crippen molar-refractivity contribution in [3.8, 4) is 6.07 Å². The van der Waals surface area contributed by atoms with E-state index in [0.29, 0.717) is 25.8 Å². The highest BCUT2D eigenvalue weighted by Gasteiger charge is 2.31. The minimum Gasteiger partial charge on any atom is -0.306 e. The molecule has 0 aromatic carbocycles. The van der Waals surface area contributed by atoms with Gasteiger partial charge in [0.15, 0.2) is 0 Å². The van der Waals surface area contributed by atoms with E-state index in [2.05, 4.69) is 11.4 Å². The molecule has 17 heavy (non-hydrogen) atoms. The van der Waals surface area contributed by atoms with Gasteiger partial charge in [-0.15, -0.1) is 0 Å². The topological polar surface area (TPSA) is 73.2 Å². The van der Waals surface area contributed by atoms with Crippen molar-refractivity contribution in [1.29, 1.82) is 5.26 Å². The van der Waals surface area contributed by atoms with E-state index in [0.717, 1.165) is 0 Å². The summed E-state index contributed by atoms with van der Waals surface area (Å²) in [6.45, 7) is 4.35. The predicted octanol–water partition coefficient (Wildman–Crippen LogP) is 0.663. The van der Waals surface area contributed by atoms with Crippen LogP contribution < -0.4 is 5.32 Å². The van der Waals surface area contributed by atoms with Crippen molar-refractivity contribution in [1.82, 2.24) is 10.2 Å². The average Bonchev–Trinajstić information content (AvgIpc) is 2.29. The van der Waals surface area contributed by atoms with Crippen LogP contribution in [0.3, 0.4) is 0 Å². The summed E-state index contributed by atoms with van der Waals surface area (Å²) in [5.41, 5.74) is -0.383. The van der Waals surface area contributed by atoms with Gasteiger partial charge in [-0.05, 0) is 33.2 Å². The van der Waals surface area contributed by atoms with E-state index in [-0.39, 0.29) is 23.3 Å². The molecule has 1 unspecified atom stereocenters. The number of carbonyl (C=O) groups excluding carboxylic acids is 2. The van der Waals surface area contributed by atoms with Crippen LogP contribution in [0.15, 0.2) is 0 Å². The summed E-state index contributed by atoms with van der Waals surface area (Å²) in [7, 11) is 1.51. The van der Waals surface area contributed by atoms with Gasteiger partial charge in [0, 0.05) is 13.5 Å². The Morgan fingerprint density at radius 3 is 2.76 bits per heavy atom. The first-order valence-electron chi connectivity index (χ1n) is 5.82. The number of nitriles is 1. The molecule has 0 saturated carbocycles. The van der Waals surface area contributed by atoms with Gasteiger partial charge in [0.25, 0.3) is 0 Å². The van der Waals surface area contributed by atoms with Crippen LogP contribution >= 0.6 is 0 Å². The van der Waals surface area contributed by atoms with Crippen molar-refractivity contribution >= 4 is 11.8 Å². The molecule has 0 spiro atoms. The number of nitrogens with zero attached hydrogens (tertiary/aromatic N) is 2. The SMILES string of the molecule is CN1C(=O)CCC(NCCC(C)(C)C#N)C1=O. The van der Waals surface area contributed by atoms with Crippen molar-refractivity contribution in [2.24, 2.45) is 5.41 Å². The molecule has 1 aliphatic rings. The molecule has 0 aliphatic carbocycles. The Balaban J connectivity index is 2.41. The van der Waals surface area contributed by atoms with Gasteiger partial charge in [0.1, 0.15) is 0 Å². The number of carbonyl (C=O) groups is 2. The maximum atomic E-state index is 11.7. The van der Waals surface area contributed by atoms with Crippen LogP contribution in [0.1, 0.15) is 33.1 Å². The molecule has 0 radical (unpaired) electrons. The summed E-state index contributed by atoms with van der Waals surface area (Å²) in [5.74, 6) is -0.290. The largest absolute Gasteiger partial charge is 0.306 e. The van der Waals surface area contributed by atoms with Crippen LogP contribution in [0.4, 0.5) is 0 Å². The minimum absolute atomic E-state index is 0.120. The summed E-state index contributed by atoms with van der Waals surface area (Å²) < 4.78 is 0. The summed E-state index contributed by atoms with van der Waals surface area (Å²) in [4.78, 5) is 24.2. The number of nitrogens with one attached hydrogen (secondary N) is 1. The average molecular weight is 237 g/mol. The molecule has 2 amide bonds. The van der Waals surface area contributed by atoms with Crippen molar-refractivity contribution in [3.63, 3.8) is 0 Å². The van der Waals surface area contributed by atoms with E-state index < -0.39 is 0 Å². The first-order chi connectivity index (χ1) is 7.87. The fourth-order valence-electron chi connectivity index (χ4n) is 1.72. The van der Waals surface area contributed by atoms with Gasteiger partial charge in [-0.1, -0.05) is 0 Å². The lowest BCUT2D eigenvalue weighted by Gasteiger charge is -2.29. The lowest BCUT2D eigenvalue weighted by Crippen LogP contribution is -2.51. The summed E-state index contributed by atoms with van der Waals surface area (Å²) in [5, 5.41) is 12.0. The summed E-state index contributed by atoms with van der Waals surface area (Å²) in [6, 6.07) is 1.93. The van der Waals surface area contributed by atoms with Gasteiger partial charge in [0.05, 0.1) is 17.5 Å². The number of likely N-dealkylation sites (tertiary alicyclic amines) is 1. The molecule has 1 rings (SSSR count). The van der Waals surface area contributed by atoms with Crippen LogP contribution in [-0.2, 0) is 9.59 Å². The van der Waals surface area contributed by atoms with Crippen LogP contribution in [0.2, 0.25) is 0 Å². The minimum atomic E-state index is -0.383. The molecule has 0 aromatic heterocycles. The van der Waals surface area contributed by atoms with E-state index >= 15 is 0 Å². The molecular formula is C12H19N3O2. The maximum Gasteiger partial charge on any atom is 0.246 e. The summed E-state index contributed by atoms with van der Waals surface area (Å²) in [6.07, 6.45) is 1.64. The maximum absolute atomic E-state index is 11.7. The number of amides is 2. The quantitative estimate of drug-likeness (QED) is 0.729. The van der Waals surface area contributed by atoms with E-state index in [4.69, 9.17) is 5.26 Å². The second-order valence-corrected chi connectivity index (χ2v) is 5.08. The third-order valence-corrected chi connectivity index (χ3v) is 3.09. The Hall–Kier alpha value is -1.41. The standard InChI is InChI=1S/C12H19N3O2/c1-12(2,8-13)6-7-14-9-4-5-10(16)15(3)11(9)17/h9,14H,4-7H2,1-3H3. The predicted molar refractivity (Wildman–Crippen MR) is 62.8 cm³/mol. The highest BCUT2D eigenvalue weighted by Crippen LogP contribution is 2.18. The van der Waals surface area contributed by atoms with Crippen LogP contribution in [0.5, 0.6) is 0 Å². The lowest BCUT2D eigenvalue weighted by atomic mass is 9.91. The fraction of sp³-hybridized carbons (Fsp3) is 0.750. The first kappa shape index (κ1) is 13.7. The van der Waals surface area contributed by atoms with Crippen LogP contribution in [0, 0.1) is 16.7 Å². The number of rotatable bonds is 4. The molecule has 1 aliphatic heterocycles. The lowest BCUT2D eigenvalue weighted by molar-refractivity contribution is -0.148. The van der Waals surface area contributed by atoms with Crippen molar-refractivity contribution < 1.29 is 9.59 Å². The van der Waals surface area contributed by atoms with Crippen molar-refractivity contribution in [2.75, 3.05) is 13.6 Å². The summed E-state index contributed by atoms with van der Waals surface area (Å²) >= 11 is 0. The molecule has 1 heterocycles. The molecule has 5 nitrogen and oxygen atoms in total. The Bertz CT molecular complexity index is 357. The second kappa shape index (κ2) is 5.28. The smallest absolute Gasteiger partial charge is 0.246 e. The second-order valence-electron chi connectivity index (χ2n) is 5.08. The van der Waals surface area contributed by atoms with Gasteiger partial charge in [0.2, 0.25) is 11.8 Å². The third-order valence-electron chi connectivity index (χ3n) is 3.09. The zero-order valence-corrected chi connectivity index (χ0v) is 10.6. The van der Waals surface area contributed by atoms with Crippen LogP contribution in [-0.4, -0.2) is 36.3 Å². The number of hydrogen-bond donors (Lipinski definition) is 1. The van der Waals surface area contributed by atoms with E-state index in [1.54, 1.807) is 0 Å². The van der Waals surface area contributed by atoms with E-state index in [9.17, 15) is 9.59 Å². The van der Waals surface area contributed by atoms with Gasteiger partial charge in [-0.25, -0.2) is 0 Å². The number of likely N-dealkylation sites (N-methyl/N-ethyl adjacent to an activating group) is 1. The van der Waals surface area contributed by atoms with Crippen molar-refractivity contribution in [3.05, 3.63) is 0 Å². The van der Waals surface area contributed by atoms with Gasteiger partial charge >= 0.3 is 0 Å². The zero-order chi connectivity index (χ0) is 13.1. The van der Waals surface area contributed by atoms with Crippen molar-refractivity contribution in [2.45, 2.75) is 39.2 Å². The molecule has 1 atom stereocenters. The number of hydrogen-bond acceptors (Lipinski definition) is 4. The van der Waals surface area contributed by atoms with Crippen LogP contribution in [0.25, 0.3) is 0 Å². The molecule has 5 heteroatoms. The monoisotopic (exact) mass is 237 g/mol. The molecule has 94 valence electrons. The molecule has 0 bridgehead atoms. The Morgan fingerprint density at radius 2 is 2.18 bits per heavy atom. The highest BCUT2D eigenvalue weighted by atomic mass is 16.2. The Kier molecular flexibility index (Phi) is 4.24. The third kappa shape index (κ3) is 3.53. The number of piperidine rings is 1. The molecule has 1 N–H and O–H groups in total. The van der Waals surface area contributed by atoms with Gasteiger partial charge in [-0.3, -0.25) is 14.5 Å². The molecule has 0 aromatic rings. The Morgan fingerprint density at radius 1 is 1.53 bits per heavy atom. The van der Waals surface area contributed by atoms with Gasteiger partial charge in [-0.2, -0.15) is 5.26 Å².